The van der Waals surface area contributed by atoms with Crippen LogP contribution in [-0.2, 0) is 0 Å². The van der Waals surface area contributed by atoms with E-state index < -0.39 is 5.97 Å². The summed E-state index contributed by atoms with van der Waals surface area (Å²) >= 11 is 0. The Hall–Kier alpha value is -2.82. The lowest BCUT2D eigenvalue weighted by Crippen LogP contribution is -2.03. The highest BCUT2D eigenvalue weighted by Crippen LogP contribution is 2.28. The van der Waals surface area contributed by atoms with Crippen molar-refractivity contribution < 1.29 is 14.3 Å². The Morgan fingerprint density at radius 2 is 2.05 bits per heavy atom. The fourth-order valence-electron chi connectivity index (χ4n) is 2.14. The molecular formula is C15H12N2O3. The van der Waals surface area contributed by atoms with E-state index >= 15 is 0 Å². The summed E-state index contributed by atoms with van der Waals surface area (Å²) in [4.78, 5) is 11.4. The number of aryl methyl sites for hydroxylation is 1. The zero-order valence-electron chi connectivity index (χ0n) is 10.8. The Morgan fingerprint density at radius 3 is 2.70 bits per heavy atom. The second-order valence-corrected chi connectivity index (χ2v) is 4.39. The molecule has 3 rings (SSSR count). The molecule has 0 spiro atoms. The molecule has 0 unspecified atom stereocenters. The topological polar surface area (TPSA) is 68.3 Å². The highest BCUT2D eigenvalue weighted by atomic mass is 16.4. The number of hydrogen-bond donors (Lipinski definition) is 1. The van der Waals surface area contributed by atoms with Crippen LogP contribution >= 0.6 is 0 Å². The van der Waals surface area contributed by atoms with Gasteiger partial charge in [0.2, 0.25) is 0 Å². The number of hydrogen-bond acceptors (Lipinski definition) is 3. The second-order valence-electron chi connectivity index (χ2n) is 4.39. The molecule has 0 saturated carbocycles. The number of carboxylic acids is 1. The van der Waals surface area contributed by atoms with Crippen molar-refractivity contribution in [3.8, 4) is 17.1 Å². The molecule has 5 heteroatoms. The van der Waals surface area contributed by atoms with Crippen LogP contribution < -0.4 is 0 Å². The van der Waals surface area contributed by atoms with Crippen LogP contribution in [0.4, 0.5) is 0 Å². The highest BCUT2D eigenvalue weighted by Gasteiger charge is 2.21. The van der Waals surface area contributed by atoms with E-state index in [0.717, 1.165) is 11.3 Å². The standard InChI is InChI=1S/C15H12N2O3/c1-10-5-2-3-6-12(10)17-14(13-7-4-8-20-13)11(9-16-17)15(18)19/h2-9H,1H3,(H,18,19). The van der Waals surface area contributed by atoms with E-state index in [1.54, 1.807) is 16.8 Å². The molecule has 2 aromatic heterocycles. The molecule has 0 aliphatic heterocycles. The van der Waals surface area contributed by atoms with Crippen molar-refractivity contribution >= 4 is 5.97 Å². The van der Waals surface area contributed by atoms with Crippen LogP contribution in [0.3, 0.4) is 0 Å². The van der Waals surface area contributed by atoms with Gasteiger partial charge in [-0.05, 0) is 30.7 Å². The van der Waals surface area contributed by atoms with E-state index in [4.69, 9.17) is 4.42 Å². The Labute approximate surface area is 115 Å². The molecule has 0 amide bonds. The number of aromatic nitrogens is 2. The number of para-hydroxylation sites is 1. The predicted octanol–water partition coefficient (Wildman–Crippen LogP) is 3.14. The number of carbonyl (C=O) groups is 1. The van der Waals surface area contributed by atoms with E-state index in [0.29, 0.717) is 11.5 Å². The predicted molar refractivity (Wildman–Crippen MR) is 73.0 cm³/mol. The maximum Gasteiger partial charge on any atom is 0.339 e. The van der Waals surface area contributed by atoms with E-state index in [9.17, 15) is 9.90 Å². The summed E-state index contributed by atoms with van der Waals surface area (Å²) in [6.07, 6.45) is 2.85. The normalized spacial score (nSPS) is 10.7. The fourth-order valence-corrected chi connectivity index (χ4v) is 2.14. The van der Waals surface area contributed by atoms with Crippen molar-refractivity contribution in [2.75, 3.05) is 0 Å². The van der Waals surface area contributed by atoms with Crippen molar-refractivity contribution in [3.05, 3.63) is 60.0 Å². The smallest absolute Gasteiger partial charge is 0.339 e. The van der Waals surface area contributed by atoms with Crippen LogP contribution in [0.25, 0.3) is 17.1 Å². The van der Waals surface area contributed by atoms with Gasteiger partial charge in [-0.2, -0.15) is 5.10 Å². The summed E-state index contributed by atoms with van der Waals surface area (Å²) in [6, 6.07) is 11.1. The van der Waals surface area contributed by atoms with Gasteiger partial charge in [0.25, 0.3) is 0 Å². The monoisotopic (exact) mass is 268 g/mol. The molecule has 0 bridgehead atoms. The molecule has 0 aliphatic carbocycles. The van der Waals surface area contributed by atoms with Crippen LogP contribution in [0.1, 0.15) is 15.9 Å². The van der Waals surface area contributed by atoms with Gasteiger partial charge in [0.05, 0.1) is 18.1 Å². The van der Waals surface area contributed by atoms with Crippen molar-refractivity contribution in [2.45, 2.75) is 6.92 Å². The van der Waals surface area contributed by atoms with Gasteiger partial charge in [-0.15, -0.1) is 0 Å². The molecule has 2 heterocycles. The molecule has 100 valence electrons. The van der Waals surface area contributed by atoms with Crippen LogP contribution in [0.5, 0.6) is 0 Å². The SMILES string of the molecule is Cc1ccccc1-n1ncc(C(=O)O)c1-c1ccco1. The summed E-state index contributed by atoms with van der Waals surface area (Å²) < 4.78 is 6.94. The van der Waals surface area contributed by atoms with Crippen LogP contribution in [0.2, 0.25) is 0 Å². The molecule has 0 aliphatic rings. The average Bonchev–Trinajstić information content (AvgIpc) is 3.07. The number of nitrogens with zero attached hydrogens (tertiary/aromatic N) is 2. The molecule has 1 N–H and O–H groups in total. The van der Waals surface area contributed by atoms with Gasteiger partial charge >= 0.3 is 5.97 Å². The average molecular weight is 268 g/mol. The summed E-state index contributed by atoms with van der Waals surface area (Å²) in [5.41, 5.74) is 2.38. The van der Waals surface area contributed by atoms with Crippen molar-refractivity contribution in [2.24, 2.45) is 0 Å². The molecule has 5 nitrogen and oxygen atoms in total. The van der Waals surface area contributed by atoms with Crippen molar-refractivity contribution in [1.82, 2.24) is 9.78 Å². The molecular weight excluding hydrogens is 256 g/mol. The zero-order valence-corrected chi connectivity index (χ0v) is 10.8. The molecule has 0 atom stereocenters. The Balaban J connectivity index is 2.28. The van der Waals surface area contributed by atoms with E-state index in [-0.39, 0.29) is 5.56 Å². The second kappa shape index (κ2) is 4.70. The molecule has 1 aromatic carbocycles. The Morgan fingerprint density at radius 1 is 1.25 bits per heavy atom. The Kier molecular flexibility index (Phi) is 2.87. The fraction of sp³-hybridized carbons (Fsp3) is 0.0667. The first kappa shape index (κ1) is 12.2. The lowest BCUT2D eigenvalue weighted by molar-refractivity contribution is 0.0697. The van der Waals surface area contributed by atoms with Gasteiger partial charge in [0, 0.05) is 0 Å². The van der Waals surface area contributed by atoms with E-state index in [1.807, 2.05) is 31.2 Å². The maximum absolute atomic E-state index is 11.4. The first-order chi connectivity index (χ1) is 9.68. The quantitative estimate of drug-likeness (QED) is 0.792. The first-order valence-electron chi connectivity index (χ1n) is 6.09. The largest absolute Gasteiger partial charge is 0.478 e. The van der Waals surface area contributed by atoms with Crippen molar-refractivity contribution in [3.63, 3.8) is 0 Å². The van der Waals surface area contributed by atoms with E-state index in [2.05, 4.69) is 5.10 Å². The summed E-state index contributed by atoms with van der Waals surface area (Å²) in [5.74, 6) is -0.556. The van der Waals surface area contributed by atoms with Gasteiger partial charge < -0.3 is 9.52 Å². The molecule has 3 aromatic rings. The summed E-state index contributed by atoms with van der Waals surface area (Å²) in [7, 11) is 0. The third-order valence-electron chi connectivity index (χ3n) is 3.10. The summed E-state index contributed by atoms with van der Waals surface area (Å²) in [6.45, 7) is 1.95. The third-order valence-corrected chi connectivity index (χ3v) is 3.10. The number of aromatic carboxylic acids is 1. The minimum atomic E-state index is -1.03. The number of benzene rings is 1. The van der Waals surface area contributed by atoms with Crippen molar-refractivity contribution in [1.29, 1.82) is 0 Å². The third kappa shape index (κ3) is 1.89. The number of carboxylic acid groups (broad SMARTS) is 1. The summed E-state index contributed by atoms with van der Waals surface area (Å²) in [5, 5.41) is 13.5. The molecule has 20 heavy (non-hydrogen) atoms. The number of furan rings is 1. The van der Waals surface area contributed by atoms with Gasteiger partial charge in [-0.1, -0.05) is 18.2 Å². The van der Waals surface area contributed by atoms with E-state index in [1.165, 1.54) is 12.5 Å². The Bertz CT molecular complexity index is 757. The van der Waals surface area contributed by atoms with Gasteiger partial charge in [-0.25, -0.2) is 9.48 Å². The molecule has 0 saturated heterocycles. The van der Waals surface area contributed by atoms with Gasteiger partial charge in [0.15, 0.2) is 5.76 Å². The number of rotatable bonds is 3. The highest BCUT2D eigenvalue weighted by molar-refractivity contribution is 5.94. The van der Waals surface area contributed by atoms with Crippen LogP contribution in [0.15, 0.2) is 53.3 Å². The molecule has 0 fully saturated rings. The van der Waals surface area contributed by atoms with Crippen LogP contribution in [0, 0.1) is 6.92 Å². The lowest BCUT2D eigenvalue weighted by Gasteiger charge is -2.09. The first-order valence-corrected chi connectivity index (χ1v) is 6.09. The minimum Gasteiger partial charge on any atom is -0.478 e. The van der Waals surface area contributed by atoms with Gasteiger partial charge in [0.1, 0.15) is 11.3 Å². The maximum atomic E-state index is 11.4. The zero-order chi connectivity index (χ0) is 14.1. The lowest BCUT2D eigenvalue weighted by atomic mass is 10.1. The minimum absolute atomic E-state index is 0.114. The molecule has 0 radical (unpaired) electrons. The van der Waals surface area contributed by atoms with Gasteiger partial charge in [-0.3, -0.25) is 0 Å². The van der Waals surface area contributed by atoms with Crippen LogP contribution in [-0.4, -0.2) is 20.9 Å².